The fourth-order valence-electron chi connectivity index (χ4n) is 4.13. The molecule has 0 saturated carbocycles. The molecule has 30 heavy (non-hydrogen) atoms. The summed E-state index contributed by atoms with van der Waals surface area (Å²) >= 11 is 0. The van der Waals surface area contributed by atoms with Crippen molar-refractivity contribution in [2.45, 2.75) is 156 Å². The first-order chi connectivity index (χ1) is 14.7. The Morgan fingerprint density at radius 1 is 0.533 bits per heavy atom. The maximum absolute atomic E-state index is 11.7. The second-order valence-corrected chi connectivity index (χ2v) is 9.47. The third-order valence-electron chi connectivity index (χ3n) is 6.04. The number of ether oxygens (including phenoxy) is 1. The monoisotopic (exact) mass is 440 g/mol. The fourth-order valence-corrected chi connectivity index (χ4v) is 4.27. The molecular weight excluding hydrogens is 387 g/mol. The lowest BCUT2D eigenvalue weighted by molar-refractivity contribution is 0.198. The molecule has 1 atom stereocenters. The van der Waals surface area contributed by atoms with Gasteiger partial charge < -0.3 is 4.74 Å². The summed E-state index contributed by atoms with van der Waals surface area (Å²) in [6.07, 6.45) is 26.6. The second-order valence-electron chi connectivity index (χ2n) is 9.00. The van der Waals surface area contributed by atoms with Crippen LogP contribution in [0, 0.1) is 0 Å². The average Bonchev–Trinajstić information content (AvgIpc) is 2.73. The van der Waals surface area contributed by atoms with Crippen molar-refractivity contribution in [1.29, 1.82) is 0 Å². The van der Waals surface area contributed by atoms with Crippen molar-refractivity contribution in [3.63, 3.8) is 0 Å². The number of hydrogen-bond donors (Lipinski definition) is 0. The van der Waals surface area contributed by atoms with Gasteiger partial charge in [0.25, 0.3) is 0 Å². The molecule has 2 nitrogen and oxygen atoms in total. The molecule has 0 radical (unpaired) electrons. The van der Waals surface area contributed by atoms with E-state index in [1.165, 1.54) is 115 Å². The molecular formula is C27H53O2P. The standard InChI is InChI=1S/C27H53O2P/c1-4-7-10-13-16-19-22-25(23-20-17-14-11-8-5-2)26(29-27(28)30)24-21-18-15-12-9-6-3/h4-24,30H2,1-3H3. The van der Waals surface area contributed by atoms with E-state index in [0.717, 1.165) is 31.4 Å². The quantitative estimate of drug-likeness (QED) is 0.0950. The molecule has 0 aromatic rings. The van der Waals surface area contributed by atoms with Gasteiger partial charge in [0.15, 0.2) is 0 Å². The van der Waals surface area contributed by atoms with E-state index >= 15 is 0 Å². The normalized spacial score (nSPS) is 10.9. The zero-order chi connectivity index (χ0) is 22.3. The van der Waals surface area contributed by atoms with Gasteiger partial charge in [-0.2, -0.15) is 0 Å². The Labute approximate surface area is 191 Å². The van der Waals surface area contributed by atoms with E-state index in [2.05, 4.69) is 30.0 Å². The Balaban J connectivity index is 4.71. The van der Waals surface area contributed by atoms with E-state index in [1.54, 1.807) is 0 Å². The van der Waals surface area contributed by atoms with Crippen LogP contribution in [-0.4, -0.2) is 5.71 Å². The van der Waals surface area contributed by atoms with E-state index in [1.807, 2.05) is 0 Å². The van der Waals surface area contributed by atoms with Crippen molar-refractivity contribution < 1.29 is 9.53 Å². The Hall–Kier alpha value is -0.360. The highest BCUT2D eigenvalue weighted by atomic mass is 31.0. The lowest BCUT2D eigenvalue weighted by atomic mass is 9.96. The maximum Gasteiger partial charge on any atom is 0.324 e. The molecule has 0 aliphatic carbocycles. The highest BCUT2D eigenvalue weighted by Crippen LogP contribution is 2.26. The lowest BCUT2D eigenvalue weighted by Gasteiger charge is -2.16. The molecule has 0 aromatic heterocycles. The number of carbonyl (C=O) groups is 1. The summed E-state index contributed by atoms with van der Waals surface area (Å²) in [6, 6.07) is 0. The topological polar surface area (TPSA) is 26.3 Å². The molecule has 0 saturated heterocycles. The number of rotatable bonds is 22. The van der Waals surface area contributed by atoms with Crippen molar-refractivity contribution in [3.8, 4) is 0 Å². The number of allylic oxidation sites excluding steroid dienone is 2. The molecule has 0 heterocycles. The van der Waals surface area contributed by atoms with Crippen LogP contribution in [0.3, 0.4) is 0 Å². The SMILES string of the molecule is CCCCCCCCC(CCCCCCCC)=C(CCCCCCCC)OC(=O)P. The minimum absolute atomic E-state index is 0.223. The summed E-state index contributed by atoms with van der Waals surface area (Å²) in [4.78, 5) is 11.7. The van der Waals surface area contributed by atoms with Crippen LogP contribution in [0.4, 0.5) is 4.79 Å². The van der Waals surface area contributed by atoms with E-state index < -0.39 is 0 Å². The molecule has 0 bridgehead atoms. The first-order valence-corrected chi connectivity index (χ1v) is 13.9. The van der Waals surface area contributed by atoms with Crippen LogP contribution in [0.1, 0.15) is 156 Å². The van der Waals surface area contributed by atoms with Gasteiger partial charge in [-0.05, 0) is 46.9 Å². The largest absolute Gasteiger partial charge is 0.428 e. The molecule has 0 N–H and O–H groups in total. The van der Waals surface area contributed by atoms with Gasteiger partial charge in [-0.3, -0.25) is 0 Å². The predicted molar refractivity (Wildman–Crippen MR) is 137 cm³/mol. The van der Waals surface area contributed by atoms with Crippen molar-refractivity contribution in [3.05, 3.63) is 11.3 Å². The minimum Gasteiger partial charge on any atom is -0.428 e. The molecule has 3 heteroatoms. The Morgan fingerprint density at radius 2 is 0.867 bits per heavy atom. The van der Waals surface area contributed by atoms with E-state index in [9.17, 15) is 4.79 Å². The zero-order valence-corrected chi connectivity index (χ0v) is 21.9. The summed E-state index contributed by atoms with van der Waals surface area (Å²) in [6.45, 7) is 6.80. The Bertz CT molecular complexity index is 399. The third kappa shape index (κ3) is 19.6. The van der Waals surface area contributed by atoms with Gasteiger partial charge in [0.05, 0.1) is 0 Å². The van der Waals surface area contributed by atoms with E-state index in [-0.39, 0.29) is 5.71 Å². The van der Waals surface area contributed by atoms with Gasteiger partial charge in [0.1, 0.15) is 5.76 Å². The highest BCUT2D eigenvalue weighted by molar-refractivity contribution is 7.39. The summed E-state index contributed by atoms with van der Waals surface area (Å²) in [5, 5.41) is 0. The van der Waals surface area contributed by atoms with Gasteiger partial charge in [-0.15, -0.1) is 0 Å². The van der Waals surface area contributed by atoms with Gasteiger partial charge in [-0.25, -0.2) is 4.79 Å². The van der Waals surface area contributed by atoms with Crippen LogP contribution in [0.15, 0.2) is 11.3 Å². The average molecular weight is 441 g/mol. The van der Waals surface area contributed by atoms with Crippen molar-refractivity contribution in [2.75, 3.05) is 0 Å². The first kappa shape index (κ1) is 29.6. The smallest absolute Gasteiger partial charge is 0.324 e. The summed E-state index contributed by atoms with van der Waals surface area (Å²) in [5.74, 6) is 1.01. The van der Waals surface area contributed by atoms with Gasteiger partial charge in [0, 0.05) is 6.42 Å². The molecule has 0 aromatic carbocycles. The van der Waals surface area contributed by atoms with Gasteiger partial charge in [-0.1, -0.05) is 117 Å². The van der Waals surface area contributed by atoms with E-state index in [4.69, 9.17) is 4.74 Å². The third-order valence-corrected chi connectivity index (χ3v) is 6.16. The number of unbranched alkanes of at least 4 members (excludes halogenated alkanes) is 15. The summed E-state index contributed by atoms with van der Waals surface area (Å²) in [7, 11) is 2.21. The van der Waals surface area contributed by atoms with Crippen molar-refractivity contribution in [1.82, 2.24) is 0 Å². The van der Waals surface area contributed by atoms with Crippen molar-refractivity contribution >= 4 is 15.0 Å². The van der Waals surface area contributed by atoms with Gasteiger partial charge >= 0.3 is 5.71 Å². The first-order valence-electron chi connectivity index (χ1n) is 13.3. The van der Waals surface area contributed by atoms with Crippen LogP contribution in [-0.2, 0) is 4.74 Å². The second kappa shape index (κ2) is 23.3. The summed E-state index contributed by atoms with van der Waals surface area (Å²) in [5.41, 5.74) is 1.21. The van der Waals surface area contributed by atoms with Crippen LogP contribution in [0.2, 0.25) is 0 Å². The zero-order valence-electron chi connectivity index (χ0n) is 20.7. The number of hydrogen-bond acceptors (Lipinski definition) is 2. The minimum atomic E-state index is -0.223. The van der Waals surface area contributed by atoms with Gasteiger partial charge in [0.2, 0.25) is 0 Å². The highest BCUT2D eigenvalue weighted by Gasteiger charge is 2.11. The Kier molecular flexibility index (Phi) is 23.0. The molecule has 0 aliphatic rings. The molecule has 0 rings (SSSR count). The molecule has 178 valence electrons. The van der Waals surface area contributed by atoms with Crippen molar-refractivity contribution in [2.24, 2.45) is 0 Å². The van der Waals surface area contributed by atoms with Crippen LogP contribution in [0.25, 0.3) is 0 Å². The molecule has 0 spiro atoms. The molecule has 0 amide bonds. The summed E-state index contributed by atoms with van der Waals surface area (Å²) < 4.78 is 5.74. The predicted octanol–water partition coefficient (Wildman–Crippen LogP) is 10.5. The van der Waals surface area contributed by atoms with E-state index in [0.29, 0.717) is 0 Å². The maximum atomic E-state index is 11.7. The van der Waals surface area contributed by atoms with Crippen LogP contribution in [0.5, 0.6) is 0 Å². The van der Waals surface area contributed by atoms with Crippen LogP contribution < -0.4 is 0 Å². The lowest BCUT2D eigenvalue weighted by Crippen LogP contribution is -2.02. The Morgan fingerprint density at radius 3 is 1.23 bits per heavy atom. The molecule has 1 unspecified atom stereocenters. The molecule has 0 aliphatic heterocycles. The number of carbonyl (C=O) groups excluding carboxylic acids is 1. The molecule has 0 fully saturated rings. The van der Waals surface area contributed by atoms with Crippen LogP contribution >= 0.6 is 9.24 Å². The fraction of sp³-hybridized carbons (Fsp3) is 0.889.